The number of aromatic nitrogens is 2. The molecule has 13 heteroatoms. The van der Waals surface area contributed by atoms with Crippen molar-refractivity contribution >= 4 is 44.0 Å². The van der Waals surface area contributed by atoms with E-state index in [1.807, 2.05) is 45.4 Å². The third kappa shape index (κ3) is 5.60. The minimum atomic E-state index is -6.09. The van der Waals surface area contributed by atoms with Crippen LogP contribution in [0.2, 0.25) is 0 Å². The van der Waals surface area contributed by atoms with Crippen LogP contribution in [-0.2, 0) is 17.2 Å². The second-order valence-electron chi connectivity index (χ2n) is 9.02. The minimum absolute atomic E-state index is 0.0919. The Morgan fingerprint density at radius 2 is 1.55 bits per heavy atom. The Hall–Kier alpha value is -4.49. The van der Waals surface area contributed by atoms with Crippen molar-refractivity contribution in [2.45, 2.75) is 5.51 Å². The summed E-state index contributed by atoms with van der Waals surface area (Å²) in [5, 5.41) is 13.3. The number of aryl methyl sites for hydroxylation is 1. The van der Waals surface area contributed by atoms with Crippen LogP contribution in [0.3, 0.4) is 0 Å². The molecule has 208 valence electrons. The summed E-state index contributed by atoms with van der Waals surface area (Å²) in [7, 11) is -0.0471. The molecule has 0 unspecified atom stereocenters. The van der Waals surface area contributed by atoms with Crippen LogP contribution in [0.4, 0.5) is 24.5 Å². The van der Waals surface area contributed by atoms with Crippen molar-refractivity contribution in [2.24, 2.45) is 7.05 Å². The van der Waals surface area contributed by atoms with Gasteiger partial charge < -0.3 is 9.45 Å². The average molecular weight is 573 g/mol. The molecular weight excluding hydrogens is 549 g/mol. The number of fused-ring (bicyclic) bond motifs is 3. The number of nitro groups is 1. The molecule has 0 fully saturated rings. The van der Waals surface area contributed by atoms with Crippen molar-refractivity contribution in [1.82, 2.24) is 4.52 Å². The average Bonchev–Trinajstić information content (AvgIpc) is 3.38. The predicted molar refractivity (Wildman–Crippen MR) is 143 cm³/mol. The molecule has 0 aliphatic heterocycles. The number of rotatable bonds is 4. The Morgan fingerprint density at radius 3 is 2.08 bits per heavy atom. The minimum Gasteiger partial charge on any atom is -0.741 e. The van der Waals surface area contributed by atoms with Crippen molar-refractivity contribution in [1.29, 1.82) is 0 Å². The highest BCUT2D eigenvalue weighted by Gasteiger charge is 2.37. The van der Waals surface area contributed by atoms with Crippen LogP contribution in [0, 0.1) is 10.1 Å². The summed E-state index contributed by atoms with van der Waals surface area (Å²) in [6, 6.07) is 25.8. The first-order valence-corrected chi connectivity index (χ1v) is 13.1. The summed E-state index contributed by atoms with van der Waals surface area (Å²) in [4.78, 5) is 13.2. The van der Waals surface area contributed by atoms with E-state index in [1.54, 1.807) is 12.1 Å². The third-order valence-electron chi connectivity index (χ3n) is 6.21. The Balaban J connectivity index is 0.000000406. The molecule has 3 aromatic carbocycles. The quantitative estimate of drug-likeness (QED) is 0.105. The van der Waals surface area contributed by atoms with Gasteiger partial charge in [0.15, 0.2) is 17.2 Å². The van der Waals surface area contributed by atoms with Gasteiger partial charge in [0, 0.05) is 54.2 Å². The zero-order valence-electron chi connectivity index (χ0n) is 21.5. The molecule has 40 heavy (non-hydrogen) atoms. The number of halogens is 3. The summed E-state index contributed by atoms with van der Waals surface area (Å²) >= 11 is 0. The second-order valence-corrected chi connectivity index (χ2v) is 10.4. The van der Waals surface area contributed by atoms with Crippen molar-refractivity contribution in [3.8, 4) is 11.3 Å². The van der Waals surface area contributed by atoms with Crippen LogP contribution in [0.1, 0.15) is 5.56 Å². The molecule has 0 spiro atoms. The fourth-order valence-electron chi connectivity index (χ4n) is 4.28. The van der Waals surface area contributed by atoms with E-state index < -0.39 is 15.6 Å². The number of benzene rings is 3. The zero-order chi connectivity index (χ0) is 29.4. The van der Waals surface area contributed by atoms with Crippen LogP contribution >= 0.6 is 0 Å². The standard InChI is InChI=1S/C26H23N4O2.CHF3O3S/c1-27(2)20-11-9-18(10-12-20)15-22-23-16-21(30(31)32)13-14-24(23)29-26(22)17-25(28(29)3)19-7-5-4-6-8-19;2-1(3,4)8(5,6)7/h4-17H,1-3H3;(H,5,6,7)/q+1;/p-1. The molecule has 0 saturated carbocycles. The monoisotopic (exact) mass is 572 g/mol. The summed E-state index contributed by atoms with van der Waals surface area (Å²) in [5.41, 5.74) is 0.762. The molecular formula is C27H23F3N4O5S. The molecule has 0 radical (unpaired) electrons. The zero-order valence-corrected chi connectivity index (χ0v) is 22.3. The van der Waals surface area contributed by atoms with Gasteiger partial charge in [-0.1, -0.05) is 30.3 Å². The van der Waals surface area contributed by atoms with E-state index in [2.05, 4.69) is 62.6 Å². The first-order chi connectivity index (χ1) is 18.7. The van der Waals surface area contributed by atoms with Gasteiger partial charge in [0.1, 0.15) is 11.0 Å². The lowest BCUT2D eigenvalue weighted by atomic mass is 10.1. The van der Waals surface area contributed by atoms with E-state index in [0.29, 0.717) is 0 Å². The second kappa shape index (κ2) is 10.6. The maximum absolute atomic E-state index is 11.5. The van der Waals surface area contributed by atoms with Crippen molar-refractivity contribution < 1.29 is 35.7 Å². The molecule has 0 aliphatic carbocycles. The lowest BCUT2D eigenvalue weighted by Crippen LogP contribution is -2.36. The van der Waals surface area contributed by atoms with Gasteiger partial charge in [-0.05, 0) is 42.0 Å². The molecule has 0 saturated heterocycles. The summed E-state index contributed by atoms with van der Waals surface area (Å²) in [6.07, 6.45) is 2.11. The van der Waals surface area contributed by atoms with Gasteiger partial charge in [0.05, 0.1) is 4.92 Å². The molecule has 9 nitrogen and oxygen atoms in total. The maximum atomic E-state index is 11.5. The van der Waals surface area contributed by atoms with E-state index in [-0.39, 0.29) is 10.6 Å². The van der Waals surface area contributed by atoms with Crippen LogP contribution in [0.25, 0.3) is 33.8 Å². The predicted octanol–water partition coefficient (Wildman–Crippen LogP) is 4.16. The molecule has 0 amide bonds. The lowest BCUT2D eigenvalue weighted by Gasteiger charge is -2.11. The van der Waals surface area contributed by atoms with Gasteiger partial charge >= 0.3 is 5.51 Å². The summed E-state index contributed by atoms with van der Waals surface area (Å²) in [5.74, 6) is 0. The summed E-state index contributed by atoms with van der Waals surface area (Å²) < 4.78 is 63.1. The van der Waals surface area contributed by atoms with E-state index in [0.717, 1.165) is 44.1 Å². The van der Waals surface area contributed by atoms with Crippen molar-refractivity contribution in [2.75, 3.05) is 19.0 Å². The highest BCUT2D eigenvalue weighted by molar-refractivity contribution is 7.86. The molecule has 0 bridgehead atoms. The number of alkyl halides is 3. The van der Waals surface area contributed by atoms with Crippen molar-refractivity contribution in [3.05, 3.63) is 99.8 Å². The van der Waals surface area contributed by atoms with E-state index in [4.69, 9.17) is 13.0 Å². The van der Waals surface area contributed by atoms with Gasteiger partial charge in [0.2, 0.25) is 5.69 Å². The smallest absolute Gasteiger partial charge is 0.485 e. The highest BCUT2D eigenvalue weighted by atomic mass is 32.2. The molecule has 2 aromatic heterocycles. The molecule has 0 atom stereocenters. The first-order valence-electron chi connectivity index (χ1n) is 11.7. The van der Waals surface area contributed by atoms with Crippen molar-refractivity contribution in [3.63, 3.8) is 0 Å². The number of nitro benzene ring substituents is 1. The number of non-ortho nitro benzene ring substituents is 1. The molecule has 0 aliphatic rings. The van der Waals surface area contributed by atoms with Gasteiger partial charge in [0.25, 0.3) is 5.69 Å². The van der Waals surface area contributed by atoms with E-state index >= 15 is 0 Å². The Morgan fingerprint density at radius 1 is 0.950 bits per heavy atom. The van der Waals surface area contributed by atoms with Gasteiger partial charge in [-0.15, -0.1) is 9.20 Å². The fraction of sp³-hybridized carbons (Fsp3) is 0.148. The SMILES string of the molecule is CN(C)c1ccc(/C=c2\c3cc([N+](=O)[O-])ccc3n3c2cc(-c2ccccc2)[n+]3C)cc1.O=S(=O)([O-])C(F)(F)F. The number of nitrogens with zero attached hydrogens (tertiary/aromatic N) is 4. The normalized spacial score (nSPS) is 12.4. The Kier molecular flexibility index (Phi) is 7.55. The number of hydrogen-bond acceptors (Lipinski definition) is 6. The number of hydrogen-bond donors (Lipinski definition) is 0. The third-order valence-corrected chi connectivity index (χ3v) is 6.78. The van der Waals surface area contributed by atoms with Crippen LogP contribution < -0.4 is 14.8 Å². The van der Waals surface area contributed by atoms with E-state index in [1.165, 1.54) is 0 Å². The van der Waals surface area contributed by atoms with Crippen LogP contribution in [0.5, 0.6) is 0 Å². The van der Waals surface area contributed by atoms with Gasteiger partial charge in [-0.25, -0.2) is 8.42 Å². The molecule has 5 aromatic rings. The Bertz CT molecular complexity index is 1870. The topological polar surface area (TPSA) is 112 Å². The van der Waals surface area contributed by atoms with Crippen LogP contribution in [0.15, 0.2) is 78.9 Å². The highest BCUT2D eigenvalue weighted by Crippen LogP contribution is 2.25. The maximum Gasteiger partial charge on any atom is 0.485 e. The first kappa shape index (κ1) is 28.5. The Labute approximate surface area is 226 Å². The largest absolute Gasteiger partial charge is 0.741 e. The van der Waals surface area contributed by atoms with Crippen LogP contribution in [-0.4, -0.2) is 42.0 Å². The fourth-order valence-corrected chi connectivity index (χ4v) is 4.28. The van der Waals surface area contributed by atoms with Gasteiger partial charge in [-0.3, -0.25) is 10.1 Å². The van der Waals surface area contributed by atoms with E-state index in [9.17, 15) is 23.3 Å². The van der Waals surface area contributed by atoms with Gasteiger partial charge in [-0.2, -0.15) is 13.2 Å². The lowest BCUT2D eigenvalue weighted by molar-refractivity contribution is -0.725. The summed E-state index contributed by atoms with van der Waals surface area (Å²) in [6.45, 7) is 0. The molecule has 0 N–H and O–H groups in total. The number of anilines is 1. The molecule has 2 heterocycles. The molecule has 5 rings (SSSR count).